The molecule has 1 aromatic carbocycles. The first-order chi connectivity index (χ1) is 14.9. The van der Waals surface area contributed by atoms with Gasteiger partial charge in [0.05, 0.1) is 25.5 Å². The van der Waals surface area contributed by atoms with Gasteiger partial charge in [-0.2, -0.15) is 13.9 Å². The van der Waals surface area contributed by atoms with Crippen molar-refractivity contribution in [3.8, 4) is 11.5 Å². The Morgan fingerprint density at radius 3 is 2.56 bits per heavy atom. The van der Waals surface area contributed by atoms with Gasteiger partial charge in [0.25, 0.3) is 0 Å². The lowest BCUT2D eigenvalue weighted by Gasteiger charge is -2.17. The van der Waals surface area contributed by atoms with Gasteiger partial charge in [-0.25, -0.2) is 0 Å². The Bertz CT molecular complexity index is 877. The zero-order valence-corrected chi connectivity index (χ0v) is 21.4. The molecule has 11 heteroatoms. The van der Waals surface area contributed by atoms with Crippen LogP contribution in [0.1, 0.15) is 29.4 Å². The van der Waals surface area contributed by atoms with E-state index in [1.165, 1.54) is 0 Å². The van der Waals surface area contributed by atoms with Crippen molar-refractivity contribution in [2.75, 3.05) is 27.4 Å². The number of methoxy groups -OCH3 is 1. The van der Waals surface area contributed by atoms with E-state index in [9.17, 15) is 8.78 Å². The molecule has 8 nitrogen and oxygen atoms in total. The first-order valence-corrected chi connectivity index (χ1v) is 10.1. The molecule has 0 bridgehead atoms. The van der Waals surface area contributed by atoms with Gasteiger partial charge in [-0.1, -0.05) is 12.1 Å². The van der Waals surface area contributed by atoms with Crippen LogP contribution < -0.4 is 20.1 Å². The number of aromatic nitrogens is 2. The van der Waals surface area contributed by atoms with E-state index in [-0.39, 0.29) is 42.0 Å². The first-order valence-electron chi connectivity index (χ1n) is 10.1. The van der Waals surface area contributed by atoms with Crippen molar-refractivity contribution in [3.63, 3.8) is 0 Å². The van der Waals surface area contributed by atoms with Gasteiger partial charge in [0, 0.05) is 44.1 Å². The number of guanidine groups is 1. The van der Waals surface area contributed by atoms with Gasteiger partial charge in [-0.15, -0.1) is 24.0 Å². The fourth-order valence-electron chi connectivity index (χ4n) is 3.15. The standard InChI is InChI=1S/C21H31F2N5O3.HI/c1-6-30-18-9-7-8-16(19(18)31-20(22)23)12-25-21(24-4)26-13-17-14(2)27-28(15(17)3)10-11-29-5;/h7-9,20H,6,10-13H2,1-5H3,(H2,24,25,26);1H. The highest BCUT2D eigenvalue weighted by atomic mass is 127. The molecule has 180 valence electrons. The number of hydrogen-bond donors (Lipinski definition) is 2. The lowest BCUT2D eigenvalue weighted by Crippen LogP contribution is -2.36. The minimum absolute atomic E-state index is 0. The SMILES string of the molecule is CCOc1cccc(CNC(=NC)NCc2c(C)nn(CCOC)c2C)c1OC(F)F.I. The number of aryl methyl sites for hydroxylation is 1. The van der Waals surface area contributed by atoms with Crippen LogP contribution in [0.25, 0.3) is 0 Å². The Labute approximate surface area is 204 Å². The Hall–Kier alpha value is -2.15. The molecule has 32 heavy (non-hydrogen) atoms. The molecule has 2 aromatic rings. The second kappa shape index (κ2) is 14.1. The molecule has 2 N–H and O–H groups in total. The van der Waals surface area contributed by atoms with E-state index in [0.29, 0.717) is 37.8 Å². The van der Waals surface area contributed by atoms with Crippen LogP contribution in [0.4, 0.5) is 8.78 Å². The molecule has 1 heterocycles. The number of aliphatic imine (C=N–C) groups is 1. The summed E-state index contributed by atoms with van der Waals surface area (Å²) >= 11 is 0. The number of halogens is 3. The maximum absolute atomic E-state index is 12.9. The summed E-state index contributed by atoms with van der Waals surface area (Å²) in [7, 11) is 3.30. The van der Waals surface area contributed by atoms with E-state index in [1.807, 2.05) is 18.5 Å². The maximum Gasteiger partial charge on any atom is 0.387 e. The van der Waals surface area contributed by atoms with Crippen LogP contribution in [0.2, 0.25) is 0 Å². The van der Waals surface area contributed by atoms with Crippen molar-refractivity contribution in [1.82, 2.24) is 20.4 Å². The highest BCUT2D eigenvalue weighted by molar-refractivity contribution is 14.0. The third-order valence-electron chi connectivity index (χ3n) is 4.71. The highest BCUT2D eigenvalue weighted by Gasteiger charge is 2.16. The molecule has 0 saturated carbocycles. The number of nitrogens with one attached hydrogen (secondary N) is 2. The van der Waals surface area contributed by atoms with Gasteiger partial charge in [0.2, 0.25) is 0 Å². The zero-order chi connectivity index (χ0) is 22.8. The number of alkyl halides is 2. The van der Waals surface area contributed by atoms with E-state index >= 15 is 0 Å². The second-order valence-electron chi connectivity index (χ2n) is 6.70. The summed E-state index contributed by atoms with van der Waals surface area (Å²) in [6, 6.07) is 5.04. The average molecular weight is 567 g/mol. The number of ether oxygens (including phenoxy) is 3. The molecular formula is C21H32F2IN5O3. The lowest BCUT2D eigenvalue weighted by molar-refractivity contribution is -0.0520. The summed E-state index contributed by atoms with van der Waals surface area (Å²) in [4.78, 5) is 4.21. The van der Waals surface area contributed by atoms with Crippen molar-refractivity contribution in [1.29, 1.82) is 0 Å². The van der Waals surface area contributed by atoms with Crippen LogP contribution >= 0.6 is 24.0 Å². The molecule has 0 fully saturated rings. The largest absolute Gasteiger partial charge is 0.490 e. The quantitative estimate of drug-likeness (QED) is 0.245. The van der Waals surface area contributed by atoms with Crippen LogP contribution in [0, 0.1) is 13.8 Å². The molecule has 0 aliphatic heterocycles. The van der Waals surface area contributed by atoms with Crippen LogP contribution in [-0.4, -0.2) is 49.7 Å². The predicted octanol–water partition coefficient (Wildman–Crippen LogP) is 3.63. The smallest absolute Gasteiger partial charge is 0.387 e. The zero-order valence-electron chi connectivity index (χ0n) is 19.1. The van der Waals surface area contributed by atoms with Crippen LogP contribution in [0.3, 0.4) is 0 Å². The monoisotopic (exact) mass is 567 g/mol. The van der Waals surface area contributed by atoms with Crippen molar-refractivity contribution in [2.45, 2.75) is 47.0 Å². The summed E-state index contributed by atoms with van der Waals surface area (Å²) < 4.78 is 43.0. The molecule has 0 radical (unpaired) electrons. The summed E-state index contributed by atoms with van der Waals surface area (Å²) in [6.07, 6.45) is 0. The third-order valence-corrected chi connectivity index (χ3v) is 4.71. The minimum Gasteiger partial charge on any atom is -0.490 e. The Balaban J connectivity index is 0.00000512. The molecule has 0 unspecified atom stereocenters. The fourth-order valence-corrected chi connectivity index (χ4v) is 3.15. The predicted molar refractivity (Wildman–Crippen MR) is 130 cm³/mol. The normalized spacial score (nSPS) is 11.3. The van der Waals surface area contributed by atoms with Gasteiger partial charge < -0.3 is 24.8 Å². The topological polar surface area (TPSA) is 81.9 Å². The number of hydrogen-bond acceptors (Lipinski definition) is 5. The van der Waals surface area contributed by atoms with E-state index in [2.05, 4.69) is 20.7 Å². The number of nitrogens with zero attached hydrogens (tertiary/aromatic N) is 3. The maximum atomic E-state index is 12.9. The summed E-state index contributed by atoms with van der Waals surface area (Å²) in [5.74, 6) is 0.821. The summed E-state index contributed by atoms with van der Waals surface area (Å²) in [6.45, 7) is 5.16. The van der Waals surface area contributed by atoms with Crippen LogP contribution in [-0.2, 0) is 24.4 Å². The van der Waals surface area contributed by atoms with Crippen molar-refractivity contribution in [2.24, 2.45) is 4.99 Å². The van der Waals surface area contributed by atoms with Crippen molar-refractivity contribution in [3.05, 3.63) is 40.7 Å². The number of rotatable bonds is 11. The number of para-hydroxylation sites is 1. The second-order valence-corrected chi connectivity index (χ2v) is 6.70. The van der Waals surface area contributed by atoms with Crippen molar-refractivity contribution < 1.29 is 23.0 Å². The highest BCUT2D eigenvalue weighted by Crippen LogP contribution is 2.32. The Morgan fingerprint density at radius 2 is 1.94 bits per heavy atom. The molecule has 0 saturated heterocycles. The minimum atomic E-state index is -2.95. The van der Waals surface area contributed by atoms with Gasteiger partial charge >= 0.3 is 6.61 Å². The van der Waals surface area contributed by atoms with E-state index in [0.717, 1.165) is 17.0 Å². The van der Waals surface area contributed by atoms with Gasteiger partial charge in [0.1, 0.15) is 0 Å². The third kappa shape index (κ3) is 7.76. The van der Waals surface area contributed by atoms with E-state index in [1.54, 1.807) is 39.3 Å². The molecule has 1 aromatic heterocycles. The first kappa shape index (κ1) is 27.9. The van der Waals surface area contributed by atoms with E-state index < -0.39 is 6.61 Å². The van der Waals surface area contributed by atoms with Crippen LogP contribution in [0.5, 0.6) is 11.5 Å². The van der Waals surface area contributed by atoms with Crippen LogP contribution in [0.15, 0.2) is 23.2 Å². The molecule has 0 aliphatic carbocycles. The van der Waals surface area contributed by atoms with Gasteiger partial charge in [-0.3, -0.25) is 9.67 Å². The molecule has 0 amide bonds. The van der Waals surface area contributed by atoms with Crippen molar-refractivity contribution >= 4 is 29.9 Å². The number of benzene rings is 1. The average Bonchev–Trinajstić information content (AvgIpc) is 3.01. The van der Waals surface area contributed by atoms with E-state index in [4.69, 9.17) is 14.2 Å². The summed E-state index contributed by atoms with van der Waals surface area (Å²) in [5, 5.41) is 10.9. The van der Waals surface area contributed by atoms with Gasteiger partial charge in [0.15, 0.2) is 17.5 Å². The Morgan fingerprint density at radius 1 is 1.22 bits per heavy atom. The molecule has 0 aliphatic rings. The lowest BCUT2D eigenvalue weighted by atomic mass is 10.2. The van der Waals surface area contributed by atoms with Gasteiger partial charge in [-0.05, 0) is 26.8 Å². The molecule has 2 rings (SSSR count). The molecule has 0 atom stereocenters. The fraction of sp³-hybridized carbons (Fsp3) is 0.524. The Kier molecular flexibility index (Phi) is 12.3. The molecular weight excluding hydrogens is 535 g/mol. The summed E-state index contributed by atoms with van der Waals surface area (Å²) in [5.41, 5.74) is 3.58. The molecule has 0 spiro atoms.